The zero-order chi connectivity index (χ0) is 14.4. The summed E-state index contributed by atoms with van der Waals surface area (Å²) in [4.78, 5) is 0. The maximum atomic E-state index is 4.25. The maximum absolute atomic E-state index is 4.25. The van der Waals surface area contributed by atoms with Crippen molar-refractivity contribution in [2.75, 3.05) is 0 Å². The van der Waals surface area contributed by atoms with Crippen LogP contribution in [-0.4, -0.2) is 5.54 Å². The van der Waals surface area contributed by atoms with Gasteiger partial charge in [-0.2, -0.15) is 25.7 Å². The molecule has 20 heavy (non-hydrogen) atoms. The average molecular weight is 447 g/mol. The minimum atomic E-state index is 0. The van der Waals surface area contributed by atoms with E-state index in [9.17, 15) is 0 Å². The van der Waals surface area contributed by atoms with Crippen molar-refractivity contribution in [2.45, 2.75) is 96.9 Å². The molecule has 0 saturated heterocycles. The Hall–Kier alpha value is 0.540. The smallest absolute Gasteiger partial charge is 0.0582 e. The standard InChI is InChI=1S/2C6H11.C5H11N.CH3.Ta/c2*1-2-4-6-5-3-1;1-4-5(2,3)6;;/h2*1H,2-6H2;4H2,1-3H3;1H3;/q2*-1;;-1;. The molecular weight excluding hydrogens is 411 g/mol. The number of rotatable bonds is 2. The molecule has 2 heteroatoms. The molecule has 0 bridgehead atoms. The second kappa shape index (κ2) is 15.9. The van der Waals surface area contributed by atoms with Gasteiger partial charge < -0.3 is 20.3 Å². The molecule has 121 valence electrons. The van der Waals surface area contributed by atoms with E-state index in [1.807, 2.05) is 0 Å². The third-order valence-electron chi connectivity index (χ3n) is 3.77. The normalized spacial score (nSPS) is 18.3. The van der Waals surface area contributed by atoms with Crippen molar-refractivity contribution >= 4 is 0 Å². The molecule has 0 atom stereocenters. The molecule has 0 amide bonds. The SMILES string of the molecule is CCC(C)(C)[N]=[Ta].[CH-]1CCCCC1.[CH-]1CCCCC1.[CH3-]. The molecule has 0 aromatic carbocycles. The van der Waals surface area contributed by atoms with E-state index in [4.69, 9.17) is 0 Å². The monoisotopic (exact) mass is 447 g/mol. The van der Waals surface area contributed by atoms with Crippen LogP contribution in [0.4, 0.5) is 0 Å². The second-order valence-corrected chi connectivity index (χ2v) is 6.84. The predicted octanol–water partition coefficient (Wildman–Crippen LogP) is 6.67. The van der Waals surface area contributed by atoms with E-state index in [0.717, 1.165) is 27.3 Å². The Morgan fingerprint density at radius 1 is 0.850 bits per heavy atom. The first-order chi connectivity index (χ1) is 9.12. The molecule has 0 N–H and O–H groups in total. The van der Waals surface area contributed by atoms with Gasteiger partial charge in [0.25, 0.3) is 0 Å². The number of hydrogen-bond acceptors (Lipinski definition) is 1. The summed E-state index contributed by atoms with van der Waals surface area (Å²) in [6.07, 6.45) is 20.2. The third-order valence-corrected chi connectivity index (χ3v) is 5.71. The van der Waals surface area contributed by atoms with Gasteiger partial charge in [0.1, 0.15) is 0 Å². The van der Waals surface area contributed by atoms with Crippen LogP contribution in [-0.2, 0) is 20.9 Å². The first-order valence-corrected chi connectivity index (χ1v) is 9.55. The average Bonchev–Trinajstić information content (AvgIpc) is 2.52. The predicted molar refractivity (Wildman–Crippen MR) is 88.0 cm³/mol. The molecular formula is C18H36NTa-3. The Kier molecular flexibility index (Phi) is 18.2. The van der Waals surface area contributed by atoms with Crippen LogP contribution in [0, 0.1) is 20.3 Å². The third kappa shape index (κ3) is 16.6. The van der Waals surface area contributed by atoms with E-state index in [0.29, 0.717) is 0 Å². The van der Waals surface area contributed by atoms with Crippen molar-refractivity contribution < 1.29 is 20.9 Å². The van der Waals surface area contributed by atoms with Crippen molar-refractivity contribution in [3.8, 4) is 0 Å². The van der Waals surface area contributed by atoms with E-state index in [2.05, 4.69) is 37.0 Å². The topological polar surface area (TPSA) is 12.4 Å². The van der Waals surface area contributed by atoms with Gasteiger partial charge in [-0.25, -0.2) is 0 Å². The Labute approximate surface area is 141 Å². The number of hydrogen-bond donors (Lipinski definition) is 0. The zero-order valence-corrected chi connectivity index (χ0v) is 17.5. The molecule has 0 spiro atoms. The van der Waals surface area contributed by atoms with Crippen LogP contribution >= 0.6 is 0 Å². The van der Waals surface area contributed by atoms with Crippen LogP contribution < -0.4 is 0 Å². The van der Waals surface area contributed by atoms with Crippen LogP contribution in [0.25, 0.3) is 0 Å². The molecule has 0 aromatic heterocycles. The van der Waals surface area contributed by atoms with Crippen LogP contribution in [0.5, 0.6) is 0 Å². The summed E-state index contributed by atoms with van der Waals surface area (Å²) in [5.41, 5.74) is 0.258. The molecule has 2 fully saturated rings. The van der Waals surface area contributed by atoms with E-state index in [1.165, 1.54) is 64.2 Å². The van der Waals surface area contributed by atoms with Gasteiger partial charge >= 0.3 is 57.0 Å². The van der Waals surface area contributed by atoms with Crippen LogP contribution in [0.1, 0.15) is 91.4 Å². The van der Waals surface area contributed by atoms with Gasteiger partial charge in [-0.15, -0.1) is 0 Å². The van der Waals surface area contributed by atoms with E-state index in [-0.39, 0.29) is 13.0 Å². The Morgan fingerprint density at radius 2 is 1.20 bits per heavy atom. The fraction of sp³-hybridized carbons (Fsp3) is 0.833. The van der Waals surface area contributed by atoms with Crippen LogP contribution in [0.3, 0.4) is 0 Å². The van der Waals surface area contributed by atoms with Crippen molar-refractivity contribution in [3.63, 3.8) is 0 Å². The zero-order valence-electron chi connectivity index (χ0n) is 14.3. The van der Waals surface area contributed by atoms with Gasteiger partial charge in [-0.1, -0.05) is 38.5 Å². The second-order valence-electron chi connectivity index (χ2n) is 6.12. The molecule has 2 aliphatic rings. The maximum Gasteiger partial charge on any atom is -0.0582 e. The van der Waals surface area contributed by atoms with Crippen molar-refractivity contribution in [3.05, 3.63) is 20.3 Å². The van der Waals surface area contributed by atoms with Gasteiger partial charge in [0.15, 0.2) is 0 Å². The molecule has 2 aliphatic carbocycles. The Morgan fingerprint density at radius 3 is 1.25 bits per heavy atom. The molecule has 2 rings (SSSR count). The summed E-state index contributed by atoms with van der Waals surface area (Å²) in [6.45, 7) is 6.48. The van der Waals surface area contributed by atoms with Gasteiger partial charge in [0, 0.05) is 0 Å². The summed E-state index contributed by atoms with van der Waals surface area (Å²) in [5, 5.41) is 0. The van der Waals surface area contributed by atoms with E-state index in [1.54, 1.807) is 0 Å². The van der Waals surface area contributed by atoms with Crippen molar-refractivity contribution in [1.82, 2.24) is 0 Å². The Bertz CT molecular complexity index is 159. The first kappa shape index (κ1) is 22.8. The molecule has 0 aliphatic heterocycles. The molecule has 0 unspecified atom stereocenters. The van der Waals surface area contributed by atoms with Gasteiger partial charge in [0.2, 0.25) is 0 Å². The van der Waals surface area contributed by atoms with Crippen LogP contribution in [0.15, 0.2) is 3.34 Å². The fourth-order valence-electron chi connectivity index (χ4n) is 1.87. The molecule has 1 nitrogen and oxygen atoms in total. The molecule has 2 saturated carbocycles. The molecule has 0 aromatic rings. The van der Waals surface area contributed by atoms with Crippen LogP contribution in [0.2, 0.25) is 0 Å². The minimum Gasteiger partial charge on any atom is -0.358 e. The van der Waals surface area contributed by atoms with Crippen molar-refractivity contribution in [2.24, 2.45) is 3.34 Å². The fourth-order valence-corrected chi connectivity index (χ4v) is 2.38. The largest absolute Gasteiger partial charge is 0.358 e. The molecule has 0 heterocycles. The minimum absolute atomic E-state index is 0. The Balaban J connectivity index is 0. The summed E-state index contributed by atoms with van der Waals surface area (Å²) in [6, 6.07) is 0. The summed E-state index contributed by atoms with van der Waals surface area (Å²) >= 11 is 1.16. The summed E-state index contributed by atoms with van der Waals surface area (Å²) in [7, 11) is 0. The molecule has 0 radical (unpaired) electrons. The quantitative estimate of drug-likeness (QED) is 0.420. The summed E-state index contributed by atoms with van der Waals surface area (Å²) in [5.74, 6) is 0. The number of nitrogens with zero attached hydrogens (tertiary/aromatic N) is 1. The van der Waals surface area contributed by atoms with E-state index < -0.39 is 0 Å². The van der Waals surface area contributed by atoms with Gasteiger partial charge in [-0.05, 0) is 0 Å². The summed E-state index contributed by atoms with van der Waals surface area (Å²) < 4.78 is 4.25. The van der Waals surface area contributed by atoms with Gasteiger partial charge in [-0.3, -0.25) is 0 Å². The van der Waals surface area contributed by atoms with Gasteiger partial charge in [0.05, 0.1) is 0 Å². The first-order valence-electron chi connectivity index (χ1n) is 8.12. The van der Waals surface area contributed by atoms with E-state index >= 15 is 0 Å². The van der Waals surface area contributed by atoms with Crippen molar-refractivity contribution in [1.29, 1.82) is 0 Å².